The van der Waals surface area contributed by atoms with E-state index in [4.69, 9.17) is 14.2 Å². The van der Waals surface area contributed by atoms with Gasteiger partial charge in [0.1, 0.15) is 5.54 Å². The maximum atomic E-state index is 12.0. The second kappa shape index (κ2) is 8.59. The number of benzene rings is 1. The minimum Gasteiger partial charge on any atom is -0.493 e. The zero-order chi connectivity index (χ0) is 20.9. The third-order valence-electron chi connectivity index (χ3n) is 4.02. The maximum Gasteiger partial charge on any atom is 0.325 e. The van der Waals surface area contributed by atoms with Crippen LogP contribution in [0.4, 0.5) is 10.5 Å². The molecule has 0 aromatic heterocycles. The van der Waals surface area contributed by atoms with Gasteiger partial charge in [0.2, 0.25) is 0 Å². The number of nitrogens with one attached hydrogen (secondary N) is 2. The summed E-state index contributed by atoms with van der Waals surface area (Å²) in [6, 6.07) is 4.24. The molecule has 0 aliphatic carbocycles. The van der Waals surface area contributed by atoms with Crippen LogP contribution in [-0.4, -0.2) is 61.6 Å². The first-order valence-corrected chi connectivity index (χ1v) is 8.49. The number of amides is 4. The third kappa shape index (κ3) is 4.90. The molecule has 10 nitrogen and oxygen atoms in total. The molecule has 1 aliphatic heterocycles. The Labute approximate surface area is 162 Å². The van der Waals surface area contributed by atoms with Crippen LogP contribution in [0.1, 0.15) is 20.3 Å². The number of imide groups is 1. The minimum absolute atomic E-state index is 0.121. The van der Waals surface area contributed by atoms with Crippen molar-refractivity contribution in [2.45, 2.75) is 25.8 Å². The van der Waals surface area contributed by atoms with Gasteiger partial charge in [0.05, 0.1) is 20.6 Å². The van der Waals surface area contributed by atoms with E-state index in [9.17, 15) is 19.2 Å². The van der Waals surface area contributed by atoms with Crippen molar-refractivity contribution in [2.75, 3.05) is 32.7 Å². The van der Waals surface area contributed by atoms with Gasteiger partial charge >= 0.3 is 12.0 Å². The average Bonchev–Trinajstić information content (AvgIpc) is 2.85. The van der Waals surface area contributed by atoms with E-state index in [2.05, 4.69) is 10.6 Å². The summed E-state index contributed by atoms with van der Waals surface area (Å²) in [4.78, 5) is 48.5. The first-order chi connectivity index (χ1) is 13.2. The third-order valence-corrected chi connectivity index (χ3v) is 4.02. The number of rotatable bonds is 8. The molecule has 152 valence electrons. The molecule has 10 heteroatoms. The van der Waals surface area contributed by atoms with Gasteiger partial charge in [-0.3, -0.25) is 19.3 Å². The van der Waals surface area contributed by atoms with E-state index >= 15 is 0 Å². The molecule has 0 spiro atoms. The number of anilines is 1. The number of esters is 1. The Balaban J connectivity index is 1.79. The van der Waals surface area contributed by atoms with E-state index < -0.39 is 36.0 Å². The second-order valence-electron chi connectivity index (χ2n) is 6.54. The summed E-state index contributed by atoms with van der Waals surface area (Å²) in [5.74, 6) is -0.717. The van der Waals surface area contributed by atoms with Crippen LogP contribution in [0.25, 0.3) is 0 Å². The van der Waals surface area contributed by atoms with Gasteiger partial charge in [-0.25, -0.2) is 4.79 Å². The molecule has 0 unspecified atom stereocenters. The molecule has 4 amide bonds. The Morgan fingerprint density at radius 3 is 2.39 bits per heavy atom. The monoisotopic (exact) mass is 393 g/mol. The Morgan fingerprint density at radius 2 is 1.82 bits per heavy atom. The summed E-state index contributed by atoms with van der Waals surface area (Å²) < 4.78 is 15.1. The van der Waals surface area contributed by atoms with Gasteiger partial charge in [-0.15, -0.1) is 0 Å². The Hall–Kier alpha value is -3.30. The van der Waals surface area contributed by atoms with E-state index in [0.717, 1.165) is 4.90 Å². The highest BCUT2D eigenvalue weighted by Gasteiger charge is 2.44. The van der Waals surface area contributed by atoms with Crippen molar-refractivity contribution in [1.82, 2.24) is 10.2 Å². The molecule has 1 fully saturated rings. The molecule has 0 atom stereocenters. The molecule has 2 N–H and O–H groups in total. The van der Waals surface area contributed by atoms with Crippen molar-refractivity contribution in [3.05, 3.63) is 18.2 Å². The van der Waals surface area contributed by atoms with Crippen molar-refractivity contribution in [3.8, 4) is 11.5 Å². The zero-order valence-electron chi connectivity index (χ0n) is 16.2. The number of nitrogens with zero attached hydrogens (tertiary/aromatic N) is 1. The lowest BCUT2D eigenvalue weighted by Crippen LogP contribution is -2.40. The molecule has 1 heterocycles. The fourth-order valence-electron chi connectivity index (χ4n) is 2.55. The van der Waals surface area contributed by atoms with Crippen LogP contribution in [0.3, 0.4) is 0 Å². The van der Waals surface area contributed by atoms with Crippen molar-refractivity contribution in [2.24, 2.45) is 0 Å². The fourth-order valence-corrected chi connectivity index (χ4v) is 2.55. The van der Waals surface area contributed by atoms with E-state index in [1.165, 1.54) is 14.2 Å². The average molecular weight is 393 g/mol. The smallest absolute Gasteiger partial charge is 0.325 e. The van der Waals surface area contributed by atoms with Crippen LogP contribution < -0.4 is 20.1 Å². The van der Waals surface area contributed by atoms with Gasteiger partial charge < -0.3 is 24.8 Å². The van der Waals surface area contributed by atoms with Crippen LogP contribution >= 0.6 is 0 Å². The summed E-state index contributed by atoms with van der Waals surface area (Å²) in [5, 5.41) is 5.08. The molecule has 2 rings (SSSR count). The van der Waals surface area contributed by atoms with Gasteiger partial charge in [0.15, 0.2) is 18.1 Å². The van der Waals surface area contributed by atoms with E-state index in [1.54, 1.807) is 32.0 Å². The molecule has 1 aliphatic rings. The number of carbonyl (C=O) groups is 4. The highest BCUT2D eigenvalue weighted by molar-refractivity contribution is 6.06. The lowest BCUT2D eigenvalue weighted by molar-refractivity contribution is -0.147. The van der Waals surface area contributed by atoms with E-state index in [-0.39, 0.29) is 13.0 Å². The molecule has 1 saturated heterocycles. The standard InChI is InChI=1S/C18H23N3O7/c1-18(2)16(24)21(17(25)20-18)8-7-15(23)28-10-14(22)19-11-5-6-12(26-3)13(9-11)27-4/h5-6,9H,7-8,10H2,1-4H3,(H,19,22)(H,20,25). The van der Waals surface area contributed by atoms with Gasteiger partial charge in [-0.05, 0) is 26.0 Å². The van der Waals surface area contributed by atoms with Crippen molar-refractivity contribution < 1.29 is 33.4 Å². The van der Waals surface area contributed by atoms with E-state index in [0.29, 0.717) is 17.2 Å². The molecule has 1 aromatic rings. The van der Waals surface area contributed by atoms with Crippen molar-refractivity contribution >= 4 is 29.5 Å². The first kappa shape index (κ1) is 21.0. The normalized spacial score (nSPS) is 15.1. The minimum atomic E-state index is -1.000. The lowest BCUT2D eigenvalue weighted by Gasteiger charge is -2.15. The summed E-state index contributed by atoms with van der Waals surface area (Å²) in [7, 11) is 2.97. The quantitative estimate of drug-likeness (QED) is 0.497. The van der Waals surface area contributed by atoms with Crippen LogP contribution in [0.15, 0.2) is 18.2 Å². The topological polar surface area (TPSA) is 123 Å². The van der Waals surface area contributed by atoms with Gasteiger partial charge in [0, 0.05) is 18.3 Å². The maximum absolute atomic E-state index is 12.0. The lowest BCUT2D eigenvalue weighted by atomic mass is 10.1. The Bertz CT molecular complexity index is 791. The summed E-state index contributed by atoms with van der Waals surface area (Å²) in [6.45, 7) is 2.52. The van der Waals surface area contributed by atoms with Crippen LogP contribution in [0.2, 0.25) is 0 Å². The Morgan fingerprint density at radius 1 is 1.14 bits per heavy atom. The predicted molar refractivity (Wildman–Crippen MR) is 98.1 cm³/mol. The molecular weight excluding hydrogens is 370 g/mol. The SMILES string of the molecule is COc1ccc(NC(=O)COC(=O)CCN2C(=O)NC(C)(C)C2=O)cc1OC. The van der Waals surface area contributed by atoms with Crippen LogP contribution in [0.5, 0.6) is 11.5 Å². The molecule has 0 bridgehead atoms. The number of hydrogen-bond acceptors (Lipinski definition) is 7. The van der Waals surface area contributed by atoms with Gasteiger partial charge in [-0.2, -0.15) is 0 Å². The van der Waals surface area contributed by atoms with Gasteiger partial charge in [0.25, 0.3) is 11.8 Å². The number of hydrogen-bond donors (Lipinski definition) is 2. The number of urea groups is 1. The summed E-state index contributed by atoms with van der Waals surface area (Å²) in [6.07, 6.45) is -0.209. The molecule has 0 radical (unpaired) electrons. The highest BCUT2D eigenvalue weighted by Crippen LogP contribution is 2.29. The second-order valence-corrected chi connectivity index (χ2v) is 6.54. The highest BCUT2D eigenvalue weighted by atomic mass is 16.5. The Kier molecular flexibility index (Phi) is 6.45. The zero-order valence-corrected chi connectivity index (χ0v) is 16.2. The molecule has 0 saturated carbocycles. The largest absolute Gasteiger partial charge is 0.493 e. The summed E-state index contributed by atoms with van der Waals surface area (Å²) >= 11 is 0. The fraction of sp³-hybridized carbons (Fsp3) is 0.444. The van der Waals surface area contributed by atoms with Crippen molar-refractivity contribution in [1.29, 1.82) is 0 Å². The molecule has 1 aromatic carbocycles. The predicted octanol–water partition coefficient (Wildman–Crippen LogP) is 0.906. The van der Waals surface area contributed by atoms with Crippen molar-refractivity contribution in [3.63, 3.8) is 0 Å². The van der Waals surface area contributed by atoms with Gasteiger partial charge in [-0.1, -0.05) is 0 Å². The molecular formula is C18H23N3O7. The summed E-state index contributed by atoms with van der Waals surface area (Å²) in [5.41, 5.74) is -0.555. The van der Waals surface area contributed by atoms with E-state index in [1.807, 2.05) is 0 Å². The number of methoxy groups -OCH3 is 2. The first-order valence-electron chi connectivity index (χ1n) is 8.49. The number of ether oxygens (including phenoxy) is 3. The van der Waals surface area contributed by atoms with Crippen LogP contribution in [0, 0.1) is 0 Å². The number of carbonyl (C=O) groups excluding carboxylic acids is 4. The van der Waals surface area contributed by atoms with Crippen LogP contribution in [-0.2, 0) is 19.1 Å². The molecule has 28 heavy (non-hydrogen) atoms.